The van der Waals surface area contributed by atoms with Gasteiger partial charge >= 0.3 is 0 Å². The molecule has 2 aromatic rings. The molecule has 0 N–H and O–H groups in total. The molecule has 4 heteroatoms. The Kier molecular flexibility index (Phi) is 2.34. The molecule has 1 heterocycles. The summed E-state index contributed by atoms with van der Waals surface area (Å²) in [6.07, 6.45) is -2.40. The first kappa shape index (κ1) is 9.09. The van der Waals surface area contributed by atoms with E-state index in [-0.39, 0.29) is 4.88 Å². The number of alkyl halides is 2. The highest BCUT2D eigenvalue weighted by Gasteiger charge is 2.16. The Morgan fingerprint density at radius 2 is 1.92 bits per heavy atom. The predicted octanol–water partition coefficient (Wildman–Crippen LogP) is 4.60. The Labute approximate surface area is 86.3 Å². The van der Waals surface area contributed by atoms with E-state index >= 15 is 0 Å². The van der Waals surface area contributed by atoms with Crippen LogP contribution in [0.2, 0.25) is 0 Å². The maximum atomic E-state index is 12.4. The second-order valence-corrected chi connectivity index (χ2v) is 4.45. The van der Waals surface area contributed by atoms with Crippen LogP contribution in [-0.2, 0) is 0 Å². The van der Waals surface area contributed by atoms with E-state index in [4.69, 9.17) is 0 Å². The molecule has 1 aromatic heterocycles. The van der Waals surface area contributed by atoms with Crippen LogP contribution in [-0.4, -0.2) is 0 Å². The minimum Gasteiger partial charge on any atom is -0.204 e. The van der Waals surface area contributed by atoms with E-state index in [0.29, 0.717) is 4.47 Å². The van der Waals surface area contributed by atoms with Crippen LogP contribution < -0.4 is 0 Å². The van der Waals surface area contributed by atoms with Crippen molar-refractivity contribution < 1.29 is 8.78 Å². The van der Waals surface area contributed by atoms with Crippen molar-refractivity contribution in [2.24, 2.45) is 0 Å². The summed E-state index contributed by atoms with van der Waals surface area (Å²) in [7, 11) is 0. The summed E-state index contributed by atoms with van der Waals surface area (Å²) in [6, 6.07) is 7.37. The van der Waals surface area contributed by atoms with Gasteiger partial charge in [0.15, 0.2) is 0 Å². The first-order valence-corrected chi connectivity index (χ1v) is 5.26. The number of halogens is 3. The highest BCUT2D eigenvalue weighted by Crippen LogP contribution is 2.40. The lowest BCUT2D eigenvalue weighted by Gasteiger charge is -1.93. The fraction of sp³-hybridized carbons (Fsp3) is 0.111. The third-order valence-corrected chi connectivity index (χ3v) is 4.05. The van der Waals surface area contributed by atoms with Gasteiger partial charge in [-0.1, -0.05) is 18.2 Å². The summed E-state index contributed by atoms with van der Waals surface area (Å²) in [4.78, 5) is 0.112. The topological polar surface area (TPSA) is 0 Å². The highest BCUT2D eigenvalue weighted by atomic mass is 79.9. The Bertz CT molecular complexity index is 436. The number of rotatable bonds is 1. The number of fused-ring (bicyclic) bond motifs is 1. The van der Waals surface area contributed by atoms with E-state index in [1.165, 1.54) is 0 Å². The molecule has 1 aromatic carbocycles. The SMILES string of the molecule is FC(F)c1sc2ccccc2c1Br. The molecule has 0 bridgehead atoms. The lowest BCUT2D eigenvalue weighted by molar-refractivity contribution is 0.155. The standard InChI is InChI=1S/C9H5BrF2S/c10-7-5-3-1-2-4-6(5)13-8(7)9(11)12/h1-4,9H. The monoisotopic (exact) mass is 262 g/mol. The molecule has 0 saturated carbocycles. The van der Waals surface area contributed by atoms with Gasteiger partial charge in [-0.05, 0) is 22.0 Å². The second kappa shape index (κ2) is 3.35. The largest absolute Gasteiger partial charge is 0.273 e. The molecule has 0 unspecified atom stereocenters. The molecule has 0 saturated heterocycles. The molecule has 0 fully saturated rings. The average molecular weight is 263 g/mol. The molecular weight excluding hydrogens is 258 g/mol. The molecule has 0 atom stereocenters. The zero-order chi connectivity index (χ0) is 9.42. The molecule has 0 spiro atoms. The van der Waals surface area contributed by atoms with Gasteiger partial charge in [0.05, 0.1) is 4.88 Å². The van der Waals surface area contributed by atoms with Crippen molar-refractivity contribution in [3.05, 3.63) is 33.6 Å². The average Bonchev–Trinajstić information content (AvgIpc) is 2.45. The Morgan fingerprint density at radius 1 is 1.23 bits per heavy atom. The van der Waals surface area contributed by atoms with Crippen molar-refractivity contribution in [2.75, 3.05) is 0 Å². The molecular formula is C9H5BrF2S. The van der Waals surface area contributed by atoms with Crippen molar-refractivity contribution in [1.29, 1.82) is 0 Å². The lowest BCUT2D eigenvalue weighted by atomic mass is 10.2. The maximum absolute atomic E-state index is 12.4. The molecule has 0 aliphatic carbocycles. The van der Waals surface area contributed by atoms with Crippen molar-refractivity contribution in [2.45, 2.75) is 6.43 Å². The fourth-order valence-electron chi connectivity index (χ4n) is 1.17. The summed E-state index contributed by atoms with van der Waals surface area (Å²) < 4.78 is 26.3. The minimum absolute atomic E-state index is 0.112. The van der Waals surface area contributed by atoms with Crippen LogP contribution in [0.1, 0.15) is 11.3 Å². The summed E-state index contributed by atoms with van der Waals surface area (Å²) >= 11 is 4.32. The molecule has 0 amide bonds. The molecule has 0 nitrogen and oxygen atoms in total. The zero-order valence-corrected chi connectivity index (χ0v) is 8.83. The molecule has 13 heavy (non-hydrogen) atoms. The van der Waals surface area contributed by atoms with Crippen LogP contribution in [0, 0.1) is 0 Å². The van der Waals surface area contributed by atoms with E-state index in [0.717, 1.165) is 21.4 Å². The smallest absolute Gasteiger partial charge is 0.204 e. The number of hydrogen-bond donors (Lipinski definition) is 0. The van der Waals surface area contributed by atoms with Gasteiger partial charge in [-0.2, -0.15) is 0 Å². The lowest BCUT2D eigenvalue weighted by Crippen LogP contribution is -1.76. The Morgan fingerprint density at radius 3 is 2.54 bits per heavy atom. The van der Waals surface area contributed by atoms with E-state index in [9.17, 15) is 8.78 Å². The van der Waals surface area contributed by atoms with Gasteiger partial charge in [0.2, 0.25) is 0 Å². The minimum atomic E-state index is -2.40. The van der Waals surface area contributed by atoms with Gasteiger partial charge in [-0.25, -0.2) is 8.78 Å². The number of thiophene rings is 1. The molecule has 68 valence electrons. The van der Waals surface area contributed by atoms with Gasteiger partial charge in [-0.15, -0.1) is 11.3 Å². The van der Waals surface area contributed by atoms with Gasteiger partial charge < -0.3 is 0 Å². The van der Waals surface area contributed by atoms with Crippen LogP contribution in [0.25, 0.3) is 10.1 Å². The van der Waals surface area contributed by atoms with Gasteiger partial charge in [0.1, 0.15) is 0 Å². The van der Waals surface area contributed by atoms with Crippen molar-refractivity contribution in [1.82, 2.24) is 0 Å². The van der Waals surface area contributed by atoms with Crippen LogP contribution in [0.3, 0.4) is 0 Å². The number of benzene rings is 1. The van der Waals surface area contributed by atoms with E-state index in [2.05, 4.69) is 15.9 Å². The Hall–Kier alpha value is -0.480. The Balaban J connectivity index is 2.74. The summed E-state index contributed by atoms with van der Waals surface area (Å²) in [6.45, 7) is 0. The van der Waals surface area contributed by atoms with Crippen LogP contribution in [0.15, 0.2) is 28.7 Å². The highest BCUT2D eigenvalue weighted by molar-refractivity contribution is 9.10. The maximum Gasteiger partial charge on any atom is 0.273 e. The molecule has 0 aliphatic rings. The van der Waals surface area contributed by atoms with Gasteiger partial charge in [0.25, 0.3) is 6.43 Å². The van der Waals surface area contributed by atoms with Crippen LogP contribution in [0.4, 0.5) is 8.78 Å². The predicted molar refractivity (Wildman–Crippen MR) is 54.5 cm³/mol. The summed E-state index contributed by atoms with van der Waals surface area (Å²) in [5.74, 6) is 0. The molecule has 2 rings (SSSR count). The van der Waals surface area contributed by atoms with Crippen molar-refractivity contribution in [3.63, 3.8) is 0 Å². The summed E-state index contributed by atoms with van der Waals surface area (Å²) in [5, 5.41) is 0.864. The van der Waals surface area contributed by atoms with E-state index in [1.807, 2.05) is 24.3 Å². The number of hydrogen-bond acceptors (Lipinski definition) is 1. The third kappa shape index (κ3) is 1.48. The van der Waals surface area contributed by atoms with Gasteiger partial charge in [0, 0.05) is 14.6 Å². The first-order chi connectivity index (χ1) is 6.20. The quantitative estimate of drug-likeness (QED) is 0.705. The molecule has 0 aliphatic heterocycles. The van der Waals surface area contributed by atoms with Gasteiger partial charge in [-0.3, -0.25) is 0 Å². The first-order valence-electron chi connectivity index (χ1n) is 3.65. The molecule has 0 radical (unpaired) electrons. The van der Waals surface area contributed by atoms with E-state index < -0.39 is 6.43 Å². The van der Waals surface area contributed by atoms with Crippen molar-refractivity contribution in [3.8, 4) is 0 Å². The van der Waals surface area contributed by atoms with E-state index in [1.54, 1.807) is 0 Å². The third-order valence-electron chi connectivity index (χ3n) is 1.76. The normalized spacial score (nSPS) is 11.4. The summed E-state index contributed by atoms with van der Waals surface area (Å²) in [5.41, 5.74) is 0. The van der Waals surface area contributed by atoms with Crippen molar-refractivity contribution >= 4 is 37.4 Å². The fourth-order valence-corrected chi connectivity index (χ4v) is 3.02. The zero-order valence-electron chi connectivity index (χ0n) is 6.43. The second-order valence-electron chi connectivity index (χ2n) is 2.58. The van der Waals surface area contributed by atoms with Crippen LogP contribution >= 0.6 is 27.3 Å². The van der Waals surface area contributed by atoms with Crippen LogP contribution in [0.5, 0.6) is 0 Å².